The standard InChI is InChI=1S/C17H18FN3O/c1-2-9-21-17(22)14-8-11-20-16(12-14)19-10-7-13-5-3-4-6-15(13)18/h2-6,8,11-12H,1,7,9-10H2,(H,19,20)(H,21,22). The van der Waals surface area contributed by atoms with Gasteiger partial charge in [-0.3, -0.25) is 4.79 Å². The maximum Gasteiger partial charge on any atom is 0.251 e. The molecule has 0 spiro atoms. The second-order valence-corrected chi connectivity index (χ2v) is 4.70. The lowest BCUT2D eigenvalue weighted by molar-refractivity contribution is 0.0958. The zero-order chi connectivity index (χ0) is 15.8. The predicted molar refractivity (Wildman–Crippen MR) is 85.4 cm³/mol. The molecule has 0 fully saturated rings. The molecule has 22 heavy (non-hydrogen) atoms. The van der Waals surface area contributed by atoms with Gasteiger partial charge in [-0.1, -0.05) is 24.3 Å². The number of aromatic nitrogens is 1. The second-order valence-electron chi connectivity index (χ2n) is 4.70. The van der Waals surface area contributed by atoms with E-state index in [4.69, 9.17) is 0 Å². The molecule has 2 N–H and O–H groups in total. The summed E-state index contributed by atoms with van der Waals surface area (Å²) < 4.78 is 13.5. The van der Waals surface area contributed by atoms with Gasteiger partial charge in [-0.05, 0) is 30.2 Å². The highest BCUT2D eigenvalue weighted by molar-refractivity contribution is 5.94. The van der Waals surface area contributed by atoms with Crippen molar-refractivity contribution >= 4 is 11.7 Å². The van der Waals surface area contributed by atoms with Crippen molar-refractivity contribution in [1.29, 1.82) is 0 Å². The summed E-state index contributed by atoms with van der Waals surface area (Å²) in [6.45, 7) is 4.50. The van der Waals surface area contributed by atoms with Gasteiger partial charge in [0.25, 0.3) is 5.91 Å². The molecule has 2 rings (SSSR count). The number of rotatable bonds is 7. The van der Waals surface area contributed by atoms with Gasteiger partial charge in [0.15, 0.2) is 0 Å². The molecule has 0 aliphatic rings. The number of hydrogen-bond donors (Lipinski definition) is 2. The Morgan fingerprint density at radius 3 is 2.91 bits per heavy atom. The van der Waals surface area contributed by atoms with Crippen molar-refractivity contribution in [3.05, 3.63) is 72.2 Å². The Labute approximate surface area is 129 Å². The van der Waals surface area contributed by atoms with Crippen molar-refractivity contribution in [2.24, 2.45) is 0 Å². The van der Waals surface area contributed by atoms with Crippen LogP contribution >= 0.6 is 0 Å². The number of carbonyl (C=O) groups is 1. The fraction of sp³-hybridized carbons (Fsp3) is 0.176. The molecule has 0 unspecified atom stereocenters. The van der Waals surface area contributed by atoms with Crippen molar-refractivity contribution in [3.63, 3.8) is 0 Å². The van der Waals surface area contributed by atoms with Crippen LogP contribution in [0.25, 0.3) is 0 Å². The Bertz CT molecular complexity index is 658. The Morgan fingerprint density at radius 1 is 1.32 bits per heavy atom. The van der Waals surface area contributed by atoms with Crippen LogP contribution in [0, 0.1) is 5.82 Å². The summed E-state index contributed by atoms with van der Waals surface area (Å²) in [4.78, 5) is 16.0. The van der Waals surface area contributed by atoms with E-state index in [1.807, 2.05) is 0 Å². The van der Waals surface area contributed by atoms with Gasteiger partial charge in [0.2, 0.25) is 0 Å². The quantitative estimate of drug-likeness (QED) is 0.773. The molecule has 0 aliphatic carbocycles. The van der Waals surface area contributed by atoms with E-state index >= 15 is 0 Å². The second kappa shape index (κ2) is 7.93. The number of anilines is 1. The molecule has 1 heterocycles. The average Bonchev–Trinajstić information content (AvgIpc) is 2.54. The molecule has 1 amide bonds. The zero-order valence-electron chi connectivity index (χ0n) is 12.2. The highest BCUT2D eigenvalue weighted by Crippen LogP contribution is 2.09. The van der Waals surface area contributed by atoms with E-state index in [-0.39, 0.29) is 11.7 Å². The Morgan fingerprint density at radius 2 is 2.14 bits per heavy atom. The number of pyridine rings is 1. The first-order valence-electron chi connectivity index (χ1n) is 7.03. The normalized spacial score (nSPS) is 10.0. The maximum absolute atomic E-state index is 13.5. The van der Waals surface area contributed by atoms with Crippen LogP contribution in [-0.2, 0) is 6.42 Å². The molecule has 0 aliphatic heterocycles. The minimum Gasteiger partial charge on any atom is -0.370 e. The summed E-state index contributed by atoms with van der Waals surface area (Å²) in [5.41, 5.74) is 1.17. The van der Waals surface area contributed by atoms with Gasteiger partial charge < -0.3 is 10.6 Å². The Hall–Kier alpha value is -2.69. The van der Waals surface area contributed by atoms with Crippen LogP contribution in [-0.4, -0.2) is 24.0 Å². The lowest BCUT2D eigenvalue weighted by Crippen LogP contribution is -2.23. The lowest BCUT2D eigenvalue weighted by atomic mass is 10.1. The van der Waals surface area contributed by atoms with Gasteiger partial charge in [-0.15, -0.1) is 6.58 Å². The van der Waals surface area contributed by atoms with Gasteiger partial charge in [0.1, 0.15) is 11.6 Å². The van der Waals surface area contributed by atoms with Crippen molar-refractivity contribution in [2.45, 2.75) is 6.42 Å². The lowest BCUT2D eigenvalue weighted by Gasteiger charge is -2.08. The first-order chi connectivity index (χ1) is 10.7. The van der Waals surface area contributed by atoms with Crippen LogP contribution in [0.15, 0.2) is 55.3 Å². The fourth-order valence-corrected chi connectivity index (χ4v) is 1.96. The van der Waals surface area contributed by atoms with Crippen molar-refractivity contribution < 1.29 is 9.18 Å². The minimum absolute atomic E-state index is 0.181. The number of hydrogen-bond acceptors (Lipinski definition) is 3. The van der Waals surface area contributed by atoms with E-state index in [1.54, 1.807) is 42.6 Å². The molecule has 114 valence electrons. The number of nitrogens with zero attached hydrogens (tertiary/aromatic N) is 1. The van der Waals surface area contributed by atoms with Crippen molar-refractivity contribution in [1.82, 2.24) is 10.3 Å². The Kier molecular flexibility index (Phi) is 5.65. The van der Waals surface area contributed by atoms with E-state index in [2.05, 4.69) is 22.2 Å². The fourth-order valence-electron chi connectivity index (χ4n) is 1.96. The number of carbonyl (C=O) groups excluding carboxylic acids is 1. The summed E-state index contributed by atoms with van der Waals surface area (Å²) in [6.07, 6.45) is 3.72. The first kappa shape index (κ1) is 15.7. The largest absolute Gasteiger partial charge is 0.370 e. The minimum atomic E-state index is -0.213. The van der Waals surface area contributed by atoms with Crippen LogP contribution in [0.4, 0.5) is 10.2 Å². The highest BCUT2D eigenvalue weighted by atomic mass is 19.1. The molecular formula is C17H18FN3O. The maximum atomic E-state index is 13.5. The van der Waals surface area contributed by atoms with E-state index < -0.39 is 0 Å². The molecule has 0 saturated heterocycles. The molecular weight excluding hydrogens is 281 g/mol. The molecule has 2 aromatic rings. The summed E-state index contributed by atoms with van der Waals surface area (Å²) in [7, 11) is 0. The first-order valence-corrected chi connectivity index (χ1v) is 7.03. The molecule has 4 nitrogen and oxygen atoms in total. The predicted octanol–water partition coefficient (Wildman–Crippen LogP) is 2.79. The van der Waals surface area contributed by atoms with Gasteiger partial charge in [-0.2, -0.15) is 0 Å². The zero-order valence-corrected chi connectivity index (χ0v) is 12.2. The monoisotopic (exact) mass is 299 g/mol. The van der Waals surface area contributed by atoms with Crippen LogP contribution in [0.5, 0.6) is 0 Å². The summed E-state index contributed by atoms with van der Waals surface area (Å²) in [6, 6.07) is 9.97. The molecule has 0 bridgehead atoms. The average molecular weight is 299 g/mol. The van der Waals surface area contributed by atoms with Crippen LogP contribution < -0.4 is 10.6 Å². The van der Waals surface area contributed by atoms with Crippen LogP contribution in [0.2, 0.25) is 0 Å². The summed E-state index contributed by atoms with van der Waals surface area (Å²) >= 11 is 0. The van der Waals surface area contributed by atoms with Crippen molar-refractivity contribution in [3.8, 4) is 0 Å². The molecule has 5 heteroatoms. The number of nitrogens with one attached hydrogen (secondary N) is 2. The third-order valence-corrected chi connectivity index (χ3v) is 3.09. The van der Waals surface area contributed by atoms with E-state index in [9.17, 15) is 9.18 Å². The van der Waals surface area contributed by atoms with E-state index in [1.165, 1.54) is 6.07 Å². The highest BCUT2D eigenvalue weighted by Gasteiger charge is 2.06. The van der Waals surface area contributed by atoms with Crippen LogP contribution in [0.3, 0.4) is 0 Å². The van der Waals surface area contributed by atoms with Gasteiger partial charge in [0, 0.05) is 24.8 Å². The third kappa shape index (κ3) is 4.41. The Balaban J connectivity index is 1.92. The molecule has 0 saturated carbocycles. The molecule has 1 aromatic heterocycles. The van der Waals surface area contributed by atoms with E-state index in [0.717, 1.165) is 0 Å². The molecule has 0 radical (unpaired) electrons. The number of halogens is 1. The molecule has 0 atom stereocenters. The van der Waals surface area contributed by atoms with Crippen LogP contribution in [0.1, 0.15) is 15.9 Å². The van der Waals surface area contributed by atoms with Gasteiger partial charge in [-0.25, -0.2) is 9.37 Å². The SMILES string of the molecule is C=CCNC(=O)c1ccnc(NCCc2ccccc2F)c1. The smallest absolute Gasteiger partial charge is 0.251 e. The number of amides is 1. The topological polar surface area (TPSA) is 54.0 Å². The summed E-state index contributed by atoms with van der Waals surface area (Å²) in [5.74, 6) is 0.192. The van der Waals surface area contributed by atoms with Gasteiger partial charge >= 0.3 is 0 Å². The molecule has 1 aromatic carbocycles. The van der Waals surface area contributed by atoms with Gasteiger partial charge in [0.05, 0.1) is 0 Å². The number of benzene rings is 1. The van der Waals surface area contributed by atoms with E-state index in [0.29, 0.717) is 36.5 Å². The van der Waals surface area contributed by atoms with Crippen molar-refractivity contribution in [2.75, 3.05) is 18.4 Å². The third-order valence-electron chi connectivity index (χ3n) is 3.09. The summed E-state index contributed by atoms with van der Waals surface area (Å²) in [5, 5.41) is 5.80.